The van der Waals surface area contributed by atoms with Gasteiger partial charge in [-0.05, 0) is 50.6 Å². The summed E-state index contributed by atoms with van der Waals surface area (Å²) < 4.78 is 14.1. The normalized spacial score (nSPS) is 18.5. The summed E-state index contributed by atoms with van der Waals surface area (Å²) >= 11 is 0. The molecule has 0 spiro atoms. The highest BCUT2D eigenvalue weighted by Crippen LogP contribution is 2.17. The van der Waals surface area contributed by atoms with Crippen molar-refractivity contribution < 1.29 is 14.0 Å². The number of nitrogens with one attached hydrogen (secondary N) is 2. The van der Waals surface area contributed by atoms with Gasteiger partial charge in [-0.1, -0.05) is 13.8 Å². The van der Waals surface area contributed by atoms with E-state index in [2.05, 4.69) is 15.5 Å². The fourth-order valence-electron chi connectivity index (χ4n) is 2.88. The smallest absolute Gasteiger partial charge is 0.251 e. The number of nitrogens with zero attached hydrogens (tertiary/aromatic N) is 1. The number of rotatable bonds is 5. The Hall–Kier alpha value is -1.95. The molecule has 2 rings (SSSR count). The Labute approximate surface area is 142 Å². The molecule has 1 heterocycles. The van der Waals surface area contributed by atoms with Crippen molar-refractivity contribution in [2.75, 3.05) is 25.5 Å². The Balaban J connectivity index is 1.97. The number of piperidine rings is 1. The van der Waals surface area contributed by atoms with Crippen LogP contribution in [0.3, 0.4) is 0 Å². The van der Waals surface area contributed by atoms with Crippen LogP contribution in [-0.2, 0) is 4.79 Å². The van der Waals surface area contributed by atoms with Crippen LogP contribution in [0.5, 0.6) is 0 Å². The Bertz CT molecular complexity index is 604. The van der Waals surface area contributed by atoms with Gasteiger partial charge in [0.15, 0.2) is 0 Å². The maximum atomic E-state index is 14.1. The lowest BCUT2D eigenvalue weighted by Crippen LogP contribution is -2.46. The minimum Gasteiger partial charge on any atom is -0.348 e. The quantitative estimate of drug-likeness (QED) is 0.869. The van der Waals surface area contributed by atoms with Crippen molar-refractivity contribution in [3.63, 3.8) is 0 Å². The molecule has 0 bridgehead atoms. The molecule has 1 aliphatic heterocycles. The highest BCUT2D eigenvalue weighted by Gasteiger charge is 2.20. The van der Waals surface area contributed by atoms with Crippen LogP contribution in [0.25, 0.3) is 0 Å². The number of amides is 2. The first-order valence-electron chi connectivity index (χ1n) is 8.44. The minimum absolute atomic E-state index is 0.0877. The summed E-state index contributed by atoms with van der Waals surface area (Å²) in [6.07, 6.45) is 2.30. The number of carbonyl (C=O) groups is 2. The van der Waals surface area contributed by atoms with Gasteiger partial charge >= 0.3 is 0 Å². The van der Waals surface area contributed by atoms with Gasteiger partial charge < -0.3 is 15.5 Å². The van der Waals surface area contributed by atoms with Crippen molar-refractivity contribution in [2.45, 2.75) is 39.2 Å². The summed E-state index contributed by atoms with van der Waals surface area (Å²) in [7, 11) is 2.02. The molecule has 24 heavy (non-hydrogen) atoms. The SMILES string of the molecule is CC(C)CC(=O)Nc1ccc(C(=O)N[C@H]2CCCN(C)C2)cc1F. The largest absolute Gasteiger partial charge is 0.348 e. The molecule has 0 saturated carbocycles. The van der Waals surface area contributed by atoms with Gasteiger partial charge in [-0.25, -0.2) is 4.39 Å². The lowest BCUT2D eigenvalue weighted by Gasteiger charge is -2.30. The number of benzene rings is 1. The lowest BCUT2D eigenvalue weighted by molar-refractivity contribution is -0.116. The second kappa shape index (κ2) is 8.24. The third-order valence-corrected chi connectivity index (χ3v) is 4.06. The topological polar surface area (TPSA) is 61.4 Å². The van der Waals surface area contributed by atoms with Gasteiger partial charge in [0.05, 0.1) is 5.69 Å². The van der Waals surface area contributed by atoms with Gasteiger partial charge in [-0.3, -0.25) is 9.59 Å². The van der Waals surface area contributed by atoms with Crippen LogP contribution in [0.4, 0.5) is 10.1 Å². The van der Waals surface area contributed by atoms with Crippen molar-refractivity contribution in [1.29, 1.82) is 0 Å². The van der Waals surface area contributed by atoms with Crippen LogP contribution in [-0.4, -0.2) is 42.9 Å². The molecular formula is C18H26FN3O2. The van der Waals surface area contributed by atoms with Gasteiger partial charge in [0, 0.05) is 24.6 Å². The van der Waals surface area contributed by atoms with Crippen molar-refractivity contribution in [3.8, 4) is 0 Å². The summed E-state index contributed by atoms with van der Waals surface area (Å²) in [5.41, 5.74) is 0.372. The summed E-state index contributed by atoms with van der Waals surface area (Å²) in [5, 5.41) is 5.49. The molecule has 0 aromatic heterocycles. The molecule has 0 radical (unpaired) electrons. The van der Waals surface area contributed by atoms with Crippen LogP contribution in [0.2, 0.25) is 0 Å². The van der Waals surface area contributed by atoms with Crippen LogP contribution in [0.1, 0.15) is 43.5 Å². The predicted molar refractivity (Wildman–Crippen MR) is 92.5 cm³/mol. The Morgan fingerprint density at radius 2 is 2.12 bits per heavy atom. The fourth-order valence-corrected chi connectivity index (χ4v) is 2.88. The lowest BCUT2D eigenvalue weighted by atomic mass is 10.1. The second-order valence-electron chi connectivity index (χ2n) is 6.92. The molecule has 2 amide bonds. The molecule has 132 valence electrons. The number of hydrogen-bond acceptors (Lipinski definition) is 3. The van der Waals surface area contributed by atoms with Crippen LogP contribution in [0, 0.1) is 11.7 Å². The first-order chi connectivity index (χ1) is 11.3. The van der Waals surface area contributed by atoms with E-state index in [-0.39, 0.29) is 35.0 Å². The molecule has 1 aromatic carbocycles. The Kier molecular flexibility index (Phi) is 6.31. The van der Waals surface area contributed by atoms with E-state index < -0.39 is 5.82 Å². The zero-order valence-electron chi connectivity index (χ0n) is 14.6. The van der Waals surface area contributed by atoms with Gasteiger partial charge in [0.2, 0.25) is 5.91 Å². The van der Waals surface area contributed by atoms with Gasteiger partial charge in [0.25, 0.3) is 5.91 Å². The summed E-state index contributed by atoms with van der Waals surface area (Å²) in [4.78, 5) is 26.2. The van der Waals surface area contributed by atoms with Crippen molar-refractivity contribution in [3.05, 3.63) is 29.6 Å². The summed E-state index contributed by atoms with van der Waals surface area (Å²) in [5.74, 6) is -0.909. The number of anilines is 1. The second-order valence-corrected chi connectivity index (χ2v) is 6.92. The van der Waals surface area contributed by atoms with Gasteiger partial charge in [0.1, 0.15) is 5.82 Å². The molecule has 2 N–H and O–H groups in total. The van der Waals surface area contributed by atoms with Gasteiger partial charge in [-0.2, -0.15) is 0 Å². The van der Waals surface area contributed by atoms with Crippen LogP contribution < -0.4 is 10.6 Å². The van der Waals surface area contributed by atoms with E-state index in [1.165, 1.54) is 18.2 Å². The van der Waals surface area contributed by atoms with Crippen molar-refractivity contribution in [1.82, 2.24) is 10.2 Å². The van der Waals surface area contributed by atoms with E-state index in [9.17, 15) is 14.0 Å². The molecule has 1 atom stereocenters. The zero-order valence-corrected chi connectivity index (χ0v) is 14.6. The standard InChI is InChI=1S/C18H26FN3O2/c1-12(2)9-17(23)21-16-7-6-13(10-15(16)19)18(24)20-14-5-4-8-22(3)11-14/h6-7,10,12,14H,4-5,8-9,11H2,1-3H3,(H,20,24)(H,21,23)/t14-/m0/s1. The zero-order chi connectivity index (χ0) is 17.7. The fraction of sp³-hybridized carbons (Fsp3) is 0.556. The van der Waals surface area contributed by atoms with Crippen molar-refractivity contribution >= 4 is 17.5 Å². The van der Waals surface area contributed by atoms with Crippen LogP contribution in [0.15, 0.2) is 18.2 Å². The molecule has 1 aliphatic rings. The minimum atomic E-state index is -0.597. The molecule has 0 unspecified atom stereocenters. The summed E-state index contributed by atoms with van der Waals surface area (Å²) in [6, 6.07) is 4.24. The van der Waals surface area contributed by atoms with Gasteiger partial charge in [-0.15, -0.1) is 0 Å². The number of likely N-dealkylation sites (N-methyl/N-ethyl adjacent to an activating group) is 1. The molecule has 6 heteroatoms. The molecule has 1 fully saturated rings. The van der Waals surface area contributed by atoms with Crippen LogP contribution >= 0.6 is 0 Å². The predicted octanol–water partition coefficient (Wildman–Crippen LogP) is 2.63. The Morgan fingerprint density at radius 3 is 2.75 bits per heavy atom. The number of hydrogen-bond donors (Lipinski definition) is 2. The van der Waals surface area contributed by atoms with E-state index in [4.69, 9.17) is 0 Å². The number of halogens is 1. The highest BCUT2D eigenvalue weighted by atomic mass is 19.1. The molecule has 0 aliphatic carbocycles. The maximum Gasteiger partial charge on any atom is 0.251 e. The number of likely N-dealkylation sites (tertiary alicyclic amines) is 1. The average molecular weight is 335 g/mol. The molecular weight excluding hydrogens is 309 g/mol. The van der Waals surface area contributed by atoms with E-state index in [0.717, 1.165) is 25.9 Å². The number of carbonyl (C=O) groups excluding carboxylic acids is 2. The van der Waals surface area contributed by atoms with E-state index in [0.29, 0.717) is 6.42 Å². The molecule has 1 saturated heterocycles. The third kappa shape index (κ3) is 5.30. The Morgan fingerprint density at radius 1 is 1.38 bits per heavy atom. The van der Waals surface area contributed by atoms with E-state index >= 15 is 0 Å². The molecule has 1 aromatic rings. The van der Waals surface area contributed by atoms with E-state index in [1.54, 1.807) is 0 Å². The van der Waals surface area contributed by atoms with Crippen molar-refractivity contribution in [2.24, 2.45) is 5.92 Å². The van der Waals surface area contributed by atoms with E-state index in [1.807, 2.05) is 20.9 Å². The highest BCUT2D eigenvalue weighted by molar-refractivity contribution is 5.96. The summed E-state index contributed by atoms with van der Waals surface area (Å²) in [6.45, 7) is 5.68. The first-order valence-corrected chi connectivity index (χ1v) is 8.44. The molecule has 5 nitrogen and oxygen atoms in total. The maximum absolute atomic E-state index is 14.1. The first kappa shape index (κ1) is 18.4. The monoisotopic (exact) mass is 335 g/mol. The average Bonchev–Trinajstić information content (AvgIpc) is 2.48. The third-order valence-electron chi connectivity index (χ3n) is 4.06.